The fourth-order valence-electron chi connectivity index (χ4n) is 2.65. The van der Waals surface area contributed by atoms with Gasteiger partial charge in [-0.2, -0.15) is 0 Å². The summed E-state index contributed by atoms with van der Waals surface area (Å²) in [6, 6.07) is 2.08. The summed E-state index contributed by atoms with van der Waals surface area (Å²) in [5.41, 5.74) is 1.20. The van der Waals surface area contributed by atoms with E-state index in [9.17, 15) is 4.79 Å². The molecule has 0 spiro atoms. The molecule has 0 bridgehead atoms. The minimum absolute atomic E-state index is 0.239. The Hall–Kier alpha value is -0.870. The third kappa shape index (κ3) is 2.93. The molecule has 2 rings (SSSR count). The van der Waals surface area contributed by atoms with Crippen LogP contribution in [-0.4, -0.2) is 37.5 Å². The van der Waals surface area contributed by atoms with Gasteiger partial charge >= 0.3 is 0 Å². The number of carbonyl (C=O) groups excluding carboxylic acids is 1. The summed E-state index contributed by atoms with van der Waals surface area (Å²) in [5.74, 6) is 0.848. The molecule has 1 atom stereocenters. The van der Waals surface area contributed by atoms with Crippen LogP contribution in [0.1, 0.15) is 35.0 Å². The molecule has 1 aromatic rings. The first-order valence-corrected chi connectivity index (χ1v) is 7.64. The second-order valence-corrected chi connectivity index (χ2v) is 5.86. The van der Waals surface area contributed by atoms with Gasteiger partial charge in [-0.15, -0.1) is 11.3 Å². The van der Waals surface area contributed by atoms with Crippen LogP contribution in [0.4, 0.5) is 0 Å². The van der Waals surface area contributed by atoms with Crippen molar-refractivity contribution in [3.8, 4) is 0 Å². The number of nitrogens with one attached hydrogen (secondary N) is 1. The third-order valence-corrected chi connectivity index (χ3v) is 4.57. The maximum atomic E-state index is 12.5. The predicted molar refractivity (Wildman–Crippen MR) is 76.3 cm³/mol. The lowest BCUT2D eigenvalue weighted by Crippen LogP contribution is -2.42. The number of likely N-dealkylation sites (tertiary alicyclic amines) is 1. The van der Waals surface area contributed by atoms with E-state index in [1.165, 1.54) is 12.0 Å². The zero-order valence-electron chi connectivity index (χ0n) is 11.2. The maximum absolute atomic E-state index is 12.5. The van der Waals surface area contributed by atoms with Crippen LogP contribution in [0.2, 0.25) is 0 Å². The van der Waals surface area contributed by atoms with Crippen LogP contribution in [0.3, 0.4) is 0 Å². The van der Waals surface area contributed by atoms with Gasteiger partial charge in [-0.1, -0.05) is 6.92 Å². The summed E-state index contributed by atoms with van der Waals surface area (Å²) in [7, 11) is 1.98. The molecule has 100 valence electrons. The summed E-state index contributed by atoms with van der Waals surface area (Å²) >= 11 is 1.58. The molecular formula is C14H22N2OS. The van der Waals surface area contributed by atoms with E-state index in [0.717, 1.165) is 37.4 Å². The molecule has 0 saturated carbocycles. The standard InChI is InChI=1S/C14H22N2OS/c1-3-12-6-8-18-13(12)14(17)16-7-4-5-11(10-16)9-15-2/h6,8,11,15H,3-5,7,9-10H2,1-2H3/t11-/m1/s1. The van der Waals surface area contributed by atoms with E-state index >= 15 is 0 Å². The Kier molecular flexibility index (Phi) is 4.78. The predicted octanol–water partition coefficient (Wildman–Crippen LogP) is 2.38. The van der Waals surface area contributed by atoms with Gasteiger partial charge in [0.25, 0.3) is 5.91 Å². The lowest BCUT2D eigenvalue weighted by atomic mass is 9.97. The number of hydrogen-bond acceptors (Lipinski definition) is 3. The summed E-state index contributed by atoms with van der Waals surface area (Å²) in [6.45, 7) is 4.94. The van der Waals surface area contributed by atoms with Crippen molar-refractivity contribution >= 4 is 17.2 Å². The quantitative estimate of drug-likeness (QED) is 0.907. The molecule has 4 heteroatoms. The van der Waals surface area contributed by atoms with Gasteiger partial charge in [0, 0.05) is 13.1 Å². The Morgan fingerprint density at radius 1 is 1.61 bits per heavy atom. The van der Waals surface area contributed by atoms with Crippen LogP contribution in [0.5, 0.6) is 0 Å². The first kappa shape index (κ1) is 13.6. The molecule has 0 aromatic carbocycles. The van der Waals surface area contributed by atoms with Gasteiger partial charge in [-0.3, -0.25) is 4.79 Å². The first-order chi connectivity index (χ1) is 8.76. The number of aryl methyl sites for hydroxylation is 1. The average Bonchev–Trinajstić information content (AvgIpc) is 2.87. The van der Waals surface area contributed by atoms with Crippen LogP contribution in [0, 0.1) is 5.92 Å². The van der Waals surface area contributed by atoms with Gasteiger partial charge in [0.2, 0.25) is 0 Å². The Morgan fingerprint density at radius 2 is 2.44 bits per heavy atom. The topological polar surface area (TPSA) is 32.3 Å². The van der Waals surface area contributed by atoms with E-state index in [-0.39, 0.29) is 5.91 Å². The third-order valence-electron chi connectivity index (χ3n) is 3.62. The molecule has 18 heavy (non-hydrogen) atoms. The van der Waals surface area contributed by atoms with E-state index in [1.807, 2.05) is 17.3 Å². The number of piperidine rings is 1. The molecule has 1 aromatic heterocycles. The summed E-state index contributed by atoms with van der Waals surface area (Å²) < 4.78 is 0. The van der Waals surface area contributed by atoms with Crippen LogP contribution in [0.25, 0.3) is 0 Å². The zero-order chi connectivity index (χ0) is 13.0. The van der Waals surface area contributed by atoms with Crippen LogP contribution in [0.15, 0.2) is 11.4 Å². The SMILES string of the molecule is CCc1ccsc1C(=O)N1CCC[C@H](CNC)C1. The van der Waals surface area contributed by atoms with E-state index in [1.54, 1.807) is 11.3 Å². The molecule has 2 heterocycles. The van der Waals surface area contributed by atoms with Gasteiger partial charge < -0.3 is 10.2 Å². The van der Waals surface area contributed by atoms with Gasteiger partial charge in [0.15, 0.2) is 0 Å². The maximum Gasteiger partial charge on any atom is 0.264 e. The van der Waals surface area contributed by atoms with Crippen molar-refractivity contribution < 1.29 is 4.79 Å². The highest BCUT2D eigenvalue weighted by Crippen LogP contribution is 2.23. The second kappa shape index (κ2) is 6.34. The van der Waals surface area contributed by atoms with E-state index in [2.05, 4.69) is 18.3 Å². The lowest BCUT2D eigenvalue weighted by molar-refractivity contribution is 0.0678. The molecule has 1 amide bonds. The number of thiophene rings is 1. The Balaban J connectivity index is 2.04. The van der Waals surface area contributed by atoms with Gasteiger partial charge in [0.1, 0.15) is 0 Å². The molecule has 1 fully saturated rings. The highest BCUT2D eigenvalue weighted by atomic mass is 32.1. The van der Waals surface area contributed by atoms with Gasteiger partial charge in [-0.25, -0.2) is 0 Å². The van der Waals surface area contributed by atoms with Crippen molar-refractivity contribution in [2.24, 2.45) is 5.92 Å². The van der Waals surface area contributed by atoms with Crippen molar-refractivity contribution in [2.45, 2.75) is 26.2 Å². The van der Waals surface area contributed by atoms with Crippen molar-refractivity contribution in [1.82, 2.24) is 10.2 Å². The fourth-order valence-corrected chi connectivity index (χ4v) is 3.61. The van der Waals surface area contributed by atoms with Crippen molar-refractivity contribution in [1.29, 1.82) is 0 Å². The summed E-state index contributed by atoms with van der Waals surface area (Å²) in [4.78, 5) is 15.5. The molecule has 1 saturated heterocycles. The molecule has 3 nitrogen and oxygen atoms in total. The minimum Gasteiger partial charge on any atom is -0.338 e. The lowest BCUT2D eigenvalue weighted by Gasteiger charge is -2.32. The largest absolute Gasteiger partial charge is 0.338 e. The zero-order valence-corrected chi connectivity index (χ0v) is 12.1. The monoisotopic (exact) mass is 266 g/mol. The molecule has 1 aliphatic rings. The van der Waals surface area contributed by atoms with E-state index in [4.69, 9.17) is 0 Å². The summed E-state index contributed by atoms with van der Waals surface area (Å²) in [6.07, 6.45) is 3.30. The van der Waals surface area contributed by atoms with E-state index < -0.39 is 0 Å². The number of hydrogen-bond donors (Lipinski definition) is 1. The second-order valence-electron chi connectivity index (χ2n) is 4.95. The van der Waals surface area contributed by atoms with E-state index in [0.29, 0.717) is 5.92 Å². The number of rotatable bonds is 4. The number of amides is 1. The van der Waals surface area contributed by atoms with Crippen molar-refractivity contribution in [3.05, 3.63) is 21.9 Å². The highest BCUT2D eigenvalue weighted by Gasteiger charge is 2.25. The fraction of sp³-hybridized carbons (Fsp3) is 0.643. The normalized spacial score (nSPS) is 20.1. The van der Waals surface area contributed by atoms with Crippen LogP contribution >= 0.6 is 11.3 Å². The Morgan fingerprint density at radius 3 is 3.17 bits per heavy atom. The van der Waals surface area contributed by atoms with Crippen molar-refractivity contribution in [3.63, 3.8) is 0 Å². The molecule has 1 aliphatic heterocycles. The Bertz CT molecular complexity index is 400. The highest BCUT2D eigenvalue weighted by molar-refractivity contribution is 7.12. The molecule has 0 aliphatic carbocycles. The number of carbonyl (C=O) groups is 1. The smallest absolute Gasteiger partial charge is 0.264 e. The van der Waals surface area contributed by atoms with Gasteiger partial charge in [-0.05, 0) is 55.8 Å². The molecule has 0 unspecified atom stereocenters. The minimum atomic E-state index is 0.239. The van der Waals surface area contributed by atoms with Crippen molar-refractivity contribution in [2.75, 3.05) is 26.7 Å². The molecule has 1 N–H and O–H groups in total. The van der Waals surface area contributed by atoms with Gasteiger partial charge in [0.05, 0.1) is 4.88 Å². The van der Waals surface area contributed by atoms with Crippen LogP contribution < -0.4 is 5.32 Å². The Labute approximate surface area is 113 Å². The average molecular weight is 266 g/mol. The molecular weight excluding hydrogens is 244 g/mol. The number of nitrogens with zero attached hydrogens (tertiary/aromatic N) is 1. The van der Waals surface area contributed by atoms with Crippen LogP contribution in [-0.2, 0) is 6.42 Å². The summed E-state index contributed by atoms with van der Waals surface area (Å²) in [5, 5.41) is 5.25. The first-order valence-electron chi connectivity index (χ1n) is 6.76. The molecule has 0 radical (unpaired) electrons.